The molecule has 0 N–H and O–H groups in total. The van der Waals surface area contributed by atoms with E-state index in [-0.39, 0.29) is 0 Å². The van der Waals surface area contributed by atoms with E-state index in [1.165, 1.54) is 54.9 Å². The van der Waals surface area contributed by atoms with Gasteiger partial charge in [0.1, 0.15) is 0 Å². The van der Waals surface area contributed by atoms with Crippen molar-refractivity contribution in [1.29, 1.82) is 0 Å². The maximum absolute atomic E-state index is 2.45. The normalized spacial score (nSPS) is 23.1. The van der Waals surface area contributed by atoms with Crippen molar-refractivity contribution in [2.24, 2.45) is 11.8 Å². The number of aryl methyl sites for hydroxylation is 1. The van der Waals surface area contributed by atoms with Gasteiger partial charge in [-0.25, -0.2) is 0 Å². The molecule has 1 aliphatic rings. The van der Waals surface area contributed by atoms with Crippen LogP contribution in [-0.4, -0.2) is 0 Å². The molecule has 0 saturated heterocycles. The smallest absolute Gasteiger partial charge is 0.0162 e. The number of hydrogen-bond donors (Lipinski definition) is 0. The van der Waals surface area contributed by atoms with E-state index in [1.807, 2.05) is 0 Å². The van der Waals surface area contributed by atoms with Crippen molar-refractivity contribution in [2.75, 3.05) is 0 Å². The summed E-state index contributed by atoms with van der Waals surface area (Å²) in [6, 6.07) is 14.1. The van der Waals surface area contributed by atoms with Gasteiger partial charge < -0.3 is 0 Å². The second kappa shape index (κ2) is 7.51. The Hall–Kier alpha value is -1.30. The van der Waals surface area contributed by atoms with E-state index in [4.69, 9.17) is 0 Å². The first-order valence-electron chi connectivity index (χ1n) is 9.72. The monoisotopic (exact) mass is 308 g/mol. The van der Waals surface area contributed by atoms with Crippen LogP contribution in [0.2, 0.25) is 0 Å². The predicted octanol–water partition coefficient (Wildman–Crippen LogP) is 7.11. The van der Waals surface area contributed by atoms with Gasteiger partial charge in [-0.05, 0) is 78.2 Å². The van der Waals surface area contributed by atoms with Gasteiger partial charge in [0.2, 0.25) is 0 Å². The Morgan fingerprint density at radius 2 is 1.61 bits per heavy atom. The van der Waals surface area contributed by atoms with Gasteiger partial charge in [0, 0.05) is 0 Å². The SMILES string of the molecule is CCc1ccc2cc([C@H]3CC[C@H](CC(C)CC)CC3)ccc2c1. The number of hydrogen-bond acceptors (Lipinski definition) is 0. The molecule has 0 heteroatoms. The van der Waals surface area contributed by atoms with E-state index in [1.54, 1.807) is 5.56 Å². The molecule has 0 bridgehead atoms. The van der Waals surface area contributed by atoms with Gasteiger partial charge in [-0.3, -0.25) is 0 Å². The standard InChI is InChI=1S/C23H32/c1-4-17(3)14-19-7-9-20(10-8-19)22-13-12-21-15-18(5-2)6-11-23(21)16-22/h6,11-13,15-17,19-20H,4-5,7-10,14H2,1-3H3/t17?,19-,20-. The fourth-order valence-corrected chi connectivity index (χ4v) is 4.25. The summed E-state index contributed by atoms with van der Waals surface area (Å²) in [7, 11) is 0. The molecule has 0 spiro atoms. The lowest BCUT2D eigenvalue weighted by Crippen LogP contribution is -2.15. The summed E-state index contributed by atoms with van der Waals surface area (Å²) in [6.07, 6.45) is 9.55. The van der Waals surface area contributed by atoms with Crippen molar-refractivity contribution in [1.82, 2.24) is 0 Å². The predicted molar refractivity (Wildman–Crippen MR) is 102 cm³/mol. The average molecular weight is 309 g/mol. The second-order valence-electron chi connectivity index (χ2n) is 7.76. The van der Waals surface area contributed by atoms with Crippen molar-refractivity contribution >= 4 is 10.8 Å². The fraction of sp³-hybridized carbons (Fsp3) is 0.565. The maximum atomic E-state index is 2.45. The molecule has 0 amide bonds. The first-order valence-corrected chi connectivity index (χ1v) is 9.72. The van der Waals surface area contributed by atoms with E-state index in [0.29, 0.717) is 0 Å². The highest BCUT2D eigenvalue weighted by Crippen LogP contribution is 2.39. The molecule has 0 radical (unpaired) electrons. The highest BCUT2D eigenvalue weighted by Gasteiger charge is 2.23. The van der Waals surface area contributed by atoms with E-state index < -0.39 is 0 Å². The van der Waals surface area contributed by atoms with Gasteiger partial charge in [-0.15, -0.1) is 0 Å². The molecular weight excluding hydrogens is 276 g/mol. The van der Waals surface area contributed by atoms with Crippen LogP contribution in [0.25, 0.3) is 10.8 Å². The van der Waals surface area contributed by atoms with Crippen LogP contribution in [0.4, 0.5) is 0 Å². The molecule has 0 nitrogen and oxygen atoms in total. The summed E-state index contributed by atoms with van der Waals surface area (Å²) in [5, 5.41) is 2.82. The zero-order valence-electron chi connectivity index (χ0n) is 15.1. The van der Waals surface area contributed by atoms with Gasteiger partial charge in [0.15, 0.2) is 0 Å². The highest BCUT2D eigenvalue weighted by molar-refractivity contribution is 5.84. The van der Waals surface area contributed by atoms with Crippen molar-refractivity contribution in [2.45, 2.75) is 71.6 Å². The Kier molecular flexibility index (Phi) is 5.41. The molecule has 2 aromatic rings. The van der Waals surface area contributed by atoms with Gasteiger partial charge in [0.25, 0.3) is 0 Å². The molecule has 0 aliphatic heterocycles. The summed E-state index contributed by atoms with van der Waals surface area (Å²) < 4.78 is 0. The Morgan fingerprint density at radius 1 is 0.913 bits per heavy atom. The largest absolute Gasteiger partial charge is 0.0651 e. The van der Waals surface area contributed by atoms with E-state index in [0.717, 1.165) is 24.2 Å². The Bertz CT molecular complexity index is 632. The molecule has 1 fully saturated rings. The third-order valence-electron chi connectivity index (χ3n) is 6.09. The van der Waals surface area contributed by atoms with Crippen LogP contribution in [-0.2, 0) is 6.42 Å². The van der Waals surface area contributed by atoms with Crippen LogP contribution in [0.1, 0.15) is 76.3 Å². The van der Waals surface area contributed by atoms with Gasteiger partial charge in [-0.1, -0.05) is 63.6 Å². The summed E-state index contributed by atoms with van der Waals surface area (Å²) in [6.45, 7) is 6.97. The zero-order chi connectivity index (χ0) is 16.2. The van der Waals surface area contributed by atoms with Crippen molar-refractivity contribution in [3.63, 3.8) is 0 Å². The Morgan fingerprint density at radius 3 is 2.30 bits per heavy atom. The van der Waals surface area contributed by atoms with Crippen LogP contribution in [0.15, 0.2) is 36.4 Å². The molecule has 23 heavy (non-hydrogen) atoms. The third-order valence-corrected chi connectivity index (χ3v) is 6.09. The fourth-order valence-electron chi connectivity index (χ4n) is 4.25. The van der Waals surface area contributed by atoms with Crippen LogP contribution < -0.4 is 0 Å². The van der Waals surface area contributed by atoms with Crippen LogP contribution in [0.5, 0.6) is 0 Å². The van der Waals surface area contributed by atoms with Crippen LogP contribution >= 0.6 is 0 Å². The van der Waals surface area contributed by atoms with Gasteiger partial charge in [0.05, 0.1) is 0 Å². The molecule has 0 heterocycles. The molecule has 124 valence electrons. The van der Waals surface area contributed by atoms with Crippen molar-refractivity contribution < 1.29 is 0 Å². The summed E-state index contributed by atoms with van der Waals surface area (Å²) >= 11 is 0. The molecule has 1 atom stereocenters. The maximum Gasteiger partial charge on any atom is -0.0162 e. The van der Waals surface area contributed by atoms with Gasteiger partial charge in [-0.2, -0.15) is 0 Å². The minimum absolute atomic E-state index is 0.790. The number of benzene rings is 2. The molecule has 3 rings (SSSR count). The average Bonchev–Trinajstić information content (AvgIpc) is 2.61. The summed E-state index contributed by atoms with van der Waals surface area (Å²) in [5.74, 6) is 2.68. The number of fused-ring (bicyclic) bond motifs is 1. The Labute approximate surface area is 142 Å². The quantitative estimate of drug-likeness (QED) is 0.552. The lowest BCUT2D eigenvalue weighted by molar-refractivity contribution is 0.273. The molecule has 1 aliphatic carbocycles. The second-order valence-corrected chi connectivity index (χ2v) is 7.76. The highest BCUT2D eigenvalue weighted by atomic mass is 14.3. The van der Waals surface area contributed by atoms with Crippen LogP contribution in [0.3, 0.4) is 0 Å². The Balaban J connectivity index is 1.67. The topological polar surface area (TPSA) is 0 Å². The summed E-state index contributed by atoms with van der Waals surface area (Å²) in [4.78, 5) is 0. The van der Waals surface area contributed by atoms with Gasteiger partial charge >= 0.3 is 0 Å². The molecule has 1 unspecified atom stereocenters. The third kappa shape index (κ3) is 3.97. The van der Waals surface area contributed by atoms with E-state index in [9.17, 15) is 0 Å². The first kappa shape index (κ1) is 16.6. The van der Waals surface area contributed by atoms with Crippen LogP contribution in [0, 0.1) is 11.8 Å². The molecular formula is C23H32. The number of rotatable bonds is 5. The molecule has 0 aromatic heterocycles. The van der Waals surface area contributed by atoms with Crippen molar-refractivity contribution in [3.05, 3.63) is 47.5 Å². The minimum atomic E-state index is 0.790. The lowest BCUT2D eigenvalue weighted by Gasteiger charge is -2.30. The van der Waals surface area contributed by atoms with Crippen molar-refractivity contribution in [3.8, 4) is 0 Å². The van der Waals surface area contributed by atoms with E-state index >= 15 is 0 Å². The zero-order valence-corrected chi connectivity index (χ0v) is 15.1. The van der Waals surface area contributed by atoms with E-state index in [2.05, 4.69) is 57.2 Å². The molecule has 2 aromatic carbocycles. The lowest BCUT2D eigenvalue weighted by atomic mass is 9.75. The summed E-state index contributed by atoms with van der Waals surface area (Å²) in [5.41, 5.74) is 3.01. The molecule has 1 saturated carbocycles. The minimum Gasteiger partial charge on any atom is -0.0651 e. The first-order chi connectivity index (χ1) is 11.2.